The predicted octanol–water partition coefficient (Wildman–Crippen LogP) is 4.19. The van der Waals surface area contributed by atoms with Crippen molar-refractivity contribution in [1.29, 1.82) is 0 Å². The Bertz CT molecular complexity index is 569. The van der Waals surface area contributed by atoms with Crippen LogP contribution in [0.25, 0.3) is 10.9 Å². The van der Waals surface area contributed by atoms with Gasteiger partial charge in [0, 0.05) is 34.1 Å². The molecule has 88 valence electrons. The van der Waals surface area contributed by atoms with Gasteiger partial charge in [-0.15, -0.1) is 0 Å². The molecule has 1 aliphatic carbocycles. The minimum Gasteiger partial charge on any atom is -0.360 e. The Morgan fingerprint density at radius 2 is 2.24 bits per heavy atom. The molecule has 1 N–H and O–H groups in total. The van der Waals surface area contributed by atoms with E-state index in [4.69, 9.17) is 11.6 Å². The first kappa shape index (κ1) is 10.8. The summed E-state index contributed by atoms with van der Waals surface area (Å²) in [5.41, 5.74) is 1.76. The number of carbonyl (C=O) groups is 1. The molecular weight excluding hydrogens is 234 g/mol. The van der Waals surface area contributed by atoms with Crippen LogP contribution in [0, 0.1) is 5.92 Å². The van der Waals surface area contributed by atoms with E-state index in [-0.39, 0.29) is 5.78 Å². The highest BCUT2D eigenvalue weighted by atomic mass is 35.5. The van der Waals surface area contributed by atoms with E-state index in [2.05, 4.69) is 4.98 Å². The molecule has 0 bridgehead atoms. The fourth-order valence-electron chi connectivity index (χ4n) is 2.39. The van der Waals surface area contributed by atoms with E-state index >= 15 is 0 Å². The topological polar surface area (TPSA) is 32.9 Å². The third-order valence-electron chi connectivity index (χ3n) is 3.64. The summed E-state index contributed by atoms with van der Waals surface area (Å²) in [6, 6.07) is 5.61. The number of hydrogen-bond donors (Lipinski definition) is 1. The second-order valence-corrected chi connectivity index (χ2v) is 5.25. The number of carbonyl (C=O) groups excluding carboxylic acids is 1. The van der Waals surface area contributed by atoms with E-state index in [0.29, 0.717) is 17.4 Å². The van der Waals surface area contributed by atoms with E-state index in [0.717, 1.165) is 16.5 Å². The van der Waals surface area contributed by atoms with Crippen molar-refractivity contribution >= 4 is 28.3 Å². The van der Waals surface area contributed by atoms with Crippen molar-refractivity contribution in [1.82, 2.24) is 4.98 Å². The zero-order valence-electron chi connectivity index (χ0n) is 9.50. The minimum atomic E-state index is 0.239. The fraction of sp³-hybridized carbons (Fsp3) is 0.357. The molecule has 17 heavy (non-hydrogen) atoms. The zero-order valence-corrected chi connectivity index (χ0v) is 10.3. The van der Waals surface area contributed by atoms with Gasteiger partial charge in [0.1, 0.15) is 0 Å². The van der Waals surface area contributed by atoms with Crippen molar-refractivity contribution in [2.24, 2.45) is 5.92 Å². The number of benzene rings is 1. The van der Waals surface area contributed by atoms with Gasteiger partial charge in [0.15, 0.2) is 5.78 Å². The number of aromatic nitrogens is 1. The molecule has 1 saturated carbocycles. The van der Waals surface area contributed by atoms with Crippen LogP contribution in [-0.4, -0.2) is 10.8 Å². The van der Waals surface area contributed by atoms with Gasteiger partial charge >= 0.3 is 0 Å². The summed E-state index contributed by atoms with van der Waals surface area (Å²) in [6.45, 7) is 0. The maximum Gasteiger partial charge on any atom is 0.165 e. The average Bonchev–Trinajstić information content (AvgIpc) is 2.66. The van der Waals surface area contributed by atoms with Crippen molar-refractivity contribution in [3.05, 3.63) is 35.0 Å². The molecule has 3 heteroatoms. The highest BCUT2D eigenvalue weighted by Crippen LogP contribution is 2.32. The summed E-state index contributed by atoms with van der Waals surface area (Å²) < 4.78 is 0. The highest BCUT2D eigenvalue weighted by Gasteiger charge is 2.22. The fourth-order valence-corrected chi connectivity index (χ4v) is 2.56. The molecule has 1 aromatic carbocycles. The van der Waals surface area contributed by atoms with E-state index in [1.165, 1.54) is 19.3 Å². The van der Waals surface area contributed by atoms with E-state index in [9.17, 15) is 4.79 Å². The Morgan fingerprint density at radius 3 is 2.94 bits per heavy atom. The average molecular weight is 248 g/mol. The normalized spacial score (nSPS) is 16.1. The number of Topliss-reactive ketones (excluding diaryl/α,β-unsaturated/α-hetero) is 1. The molecule has 2 aromatic rings. The summed E-state index contributed by atoms with van der Waals surface area (Å²) in [7, 11) is 0. The van der Waals surface area contributed by atoms with Crippen LogP contribution in [0.5, 0.6) is 0 Å². The molecule has 1 heterocycles. The molecule has 0 radical (unpaired) electrons. The standard InChI is InChI=1S/C14H14ClNO/c15-10-4-5-13-11(7-10)12(8-16-13)14(17)6-9-2-1-3-9/h4-5,7-9,16H,1-3,6H2. The van der Waals surface area contributed by atoms with Gasteiger partial charge in [-0.25, -0.2) is 0 Å². The molecule has 2 nitrogen and oxygen atoms in total. The van der Waals surface area contributed by atoms with Crippen molar-refractivity contribution in [3.63, 3.8) is 0 Å². The number of ketones is 1. The largest absolute Gasteiger partial charge is 0.360 e. The highest BCUT2D eigenvalue weighted by molar-refractivity contribution is 6.31. The van der Waals surface area contributed by atoms with Gasteiger partial charge in [-0.1, -0.05) is 30.9 Å². The number of halogens is 1. The van der Waals surface area contributed by atoms with Crippen LogP contribution < -0.4 is 0 Å². The van der Waals surface area contributed by atoms with Crippen LogP contribution in [0.2, 0.25) is 5.02 Å². The Balaban J connectivity index is 1.93. The lowest BCUT2D eigenvalue weighted by Gasteiger charge is -2.24. The summed E-state index contributed by atoms with van der Waals surface area (Å²) in [5.74, 6) is 0.842. The lowest BCUT2D eigenvalue weighted by Crippen LogP contribution is -2.15. The molecule has 3 rings (SSSR count). The second kappa shape index (κ2) is 4.19. The van der Waals surface area contributed by atoms with Gasteiger partial charge in [0.25, 0.3) is 0 Å². The second-order valence-electron chi connectivity index (χ2n) is 4.82. The van der Waals surface area contributed by atoms with Crippen LogP contribution in [0.4, 0.5) is 0 Å². The maximum atomic E-state index is 12.2. The van der Waals surface area contributed by atoms with E-state index < -0.39 is 0 Å². The number of hydrogen-bond acceptors (Lipinski definition) is 1. The van der Waals surface area contributed by atoms with Crippen LogP contribution in [0.1, 0.15) is 36.0 Å². The number of H-pyrrole nitrogens is 1. The van der Waals surface area contributed by atoms with E-state index in [1.54, 1.807) is 0 Å². The van der Waals surface area contributed by atoms with Crippen molar-refractivity contribution < 1.29 is 4.79 Å². The molecule has 1 fully saturated rings. The summed E-state index contributed by atoms with van der Waals surface area (Å²) >= 11 is 5.97. The monoisotopic (exact) mass is 247 g/mol. The van der Waals surface area contributed by atoms with Crippen LogP contribution in [-0.2, 0) is 0 Å². The first-order chi connectivity index (χ1) is 8.24. The minimum absolute atomic E-state index is 0.239. The van der Waals surface area contributed by atoms with Gasteiger partial charge in [-0.05, 0) is 24.1 Å². The smallest absolute Gasteiger partial charge is 0.165 e. The quantitative estimate of drug-likeness (QED) is 0.811. The SMILES string of the molecule is O=C(CC1CCC1)c1c[nH]c2ccc(Cl)cc12. The number of rotatable bonds is 3. The van der Waals surface area contributed by atoms with Gasteiger partial charge in [-0.3, -0.25) is 4.79 Å². The van der Waals surface area contributed by atoms with Crippen LogP contribution in [0.3, 0.4) is 0 Å². The molecule has 0 amide bonds. The summed E-state index contributed by atoms with van der Waals surface area (Å²) in [6.07, 6.45) is 6.17. The van der Waals surface area contributed by atoms with Gasteiger partial charge in [0.2, 0.25) is 0 Å². The third-order valence-corrected chi connectivity index (χ3v) is 3.88. The van der Waals surface area contributed by atoms with Crippen molar-refractivity contribution in [2.45, 2.75) is 25.7 Å². The van der Waals surface area contributed by atoms with Crippen LogP contribution in [0.15, 0.2) is 24.4 Å². The predicted molar refractivity (Wildman–Crippen MR) is 69.6 cm³/mol. The first-order valence-electron chi connectivity index (χ1n) is 6.04. The van der Waals surface area contributed by atoms with Crippen molar-refractivity contribution in [3.8, 4) is 0 Å². The molecule has 1 aliphatic rings. The molecule has 0 saturated heterocycles. The lowest BCUT2D eigenvalue weighted by molar-refractivity contribution is 0.0938. The van der Waals surface area contributed by atoms with E-state index in [1.807, 2.05) is 24.4 Å². The lowest BCUT2D eigenvalue weighted by atomic mass is 9.81. The zero-order chi connectivity index (χ0) is 11.8. The Hall–Kier alpha value is -1.28. The Morgan fingerprint density at radius 1 is 1.41 bits per heavy atom. The molecular formula is C14H14ClNO. The molecule has 0 atom stereocenters. The number of fused-ring (bicyclic) bond motifs is 1. The first-order valence-corrected chi connectivity index (χ1v) is 6.41. The Kier molecular flexibility index (Phi) is 2.67. The molecule has 0 aliphatic heterocycles. The van der Waals surface area contributed by atoms with Crippen LogP contribution >= 0.6 is 11.6 Å². The number of nitrogens with one attached hydrogen (secondary N) is 1. The van der Waals surface area contributed by atoms with Crippen molar-refractivity contribution in [2.75, 3.05) is 0 Å². The van der Waals surface area contributed by atoms with Gasteiger partial charge < -0.3 is 4.98 Å². The Labute approximate surface area is 105 Å². The third kappa shape index (κ3) is 1.98. The summed E-state index contributed by atoms with van der Waals surface area (Å²) in [5, 5.41) is 1.62. The van der Waals surface area contributed by atoms with Gasteiger partial charge in [-0.2, -0.15) is 0 Å². The molecule has 1 aromatic heterocycles. The van der Waals surface area contributed by atoms with Gasteiger partial charge in [0.05, 0.1) is 0 Å². The molecule has 0 unspecified atom stereocenters. The molecule has 0 spiro atoms. The maximum absolute atomic E-state index is 12.2. The summed E-state index contributed by atoms with van der Waals surface area (Å²) in [4.78, 5) is 15.3. The number of aromatic amines is 1.